The van der Waals surface area contributed by atoms with Gasteiger partial charge in [-0.05, 0) is 37.8 Å². The number of carbonyl (C=O) groups excluding carboxylic acids is 2. The van der Waals surface area contributed by atoms with Crippen LogP contribution in [0.1, 0.15) is 37.8 Å². The highest BCUT2D eigenvalue weighted by Gasteiger charge is 2.42. The van der Waals surface area contributed by atoms with Gasteiger partial charge in [0.15, 0.2) is 0 Å². The maximum Gasteiger partial charge on any atom is 0.326 e. The highest BCUT2D eigenvalue weighted by molar-refractivity contribution is 5.88. The number of ether oxygens (including phenoxy) is 2. The third-order valence-electron chi connectivity index (χ3n) is 6.12. The molecule has 1 saturated heterocycles. The number of nitrogens with zero attached hydrogens (tertiary/aromatic N) is 1. The summed E-state index contributed by atoms with van der Waals surface area (Å²) in [4.78, 5) is 39.1. The van der Waals surface area contributed by atoms with Crippen molar-refractivity contribution in [1.29, 1.82) is 0 Å². The lowest BCUT2D eigenvalue weighted by molar-refractivity contribution is -0.150. The largest absolute Gasteiger partial charge is 0.480 e. The average molecular weight is 483 g/mol. The number of carboxylic acid groups (broad SMARTS) is 1. The molecule has 188 valence electrons. The molecule has 1 aliphatic rings. The van der Waals surface area contributed by atoms with Crippen molar-refractivity contribution in [3.63, 3.8) is 0 Å². The van der Waals surface area contributed by atoms with Gasteiger partial charge in [-0.15, -0.1) is 0 Å². The van der Waals surface area contributed by atoms with Gasteiger partial charge in [0, 0.05) is 13.0 Å². The smallest absolute Gasteiger partial charge is 0.326 e. The fraction of sp³-hybridized carbons (Fsp3) is 0.444. The van der Waals surface area contributed by atoms with Gasteiger partial charge in [-0.25, -0.2) is 4.79 Å². The van der Waals surface area contributed by atoms with Gasteiger partial charge >= 0.3 is 11.9 Å². The zero-order valence-electron chi connectivity index (χ0n) is 20.3. The number of nitrogens with one attached hydrogen (secondary N) is 1. The Morgan fingerprint density at radius 3 is 2.29 bits per heavy atom. The predicted octanol–water partition coefficient (Wildman–Crippen LogP) is 2.80. The monoisotopic (exact) mass is 482 g/mol. The van der Waals surface area contributed by atoms with Gasteiger partial charge in [0.25, 0.3) is 0 Å². The Balaban J connectivity index is 1.62. The van der Waals surface area contributed by atoms with Crippen LogP contribution in [0.4, 0.5) is 0 Å². The van der Waals surface area contributed by atoms with E-state index in [0.717, 1.165) is 11.1 Å². The van der Waals surface area contributed by atoms with Crippen molar-refractivity contribution in [3.8, 4) is 0 Å². The normalized spacial score (nSPS) is 19.2. The molecule has 3 rings (SSSR count). The molecule has 1 heterocycles. The zero-order valence-corrected chi connectivity index (χ0v) is 20.3. The second-order valence-electron chi connectivity index (χ2n) is 8.72. The number of aliphatic carboxylic acids is 1. The molecule has 35 heavy (non-hydrogen) atoms. The van der Waals surface area contributed by atoms with Gasteiger partial charge in [-0.2, -0.15) is 0 Å². The molecule has 8 nitrogen and oxygen atoms in total. The van der Waals surface area contributed by atoms with Crippen LogP contribution in [0, 0.1) is 0 Å². The summed E-state index contributed by atoms with van der Waals surface area (Å²) in [5.41, 5.74) is 2.06. The standard InChI is InChI=1S/C27H34N2O6/c1-3-34-27(33)23(15-14-20-10-6-4-7-11-20)28-19(2)25(30)29-17-22(16-24(29)26(31)32)35-18-21-12-8-5-9-13-21/h4-13,19,22-24,28H,3,14-18H2,1-2H3,(H,31,32)/t19-,22?,23?,24-/m0/s1. The second kappa shape index (κ2) is 13.0. The summed E-state index contributed by atoms with van der Waals surface area (Å²) >= 11 is 0. The minimum atomic E-state index is -1.07. The van der Waals surface area contributed by atoms with Crippen LogP contribution in [0.5, 0.6) is 0 Å². The van der Waals surface area contributed by atoms with E-state index in [1.165, 1.54) is 4.90 Å². The Morgan fingerprint density at radius 1 is 1.06 bits per heavy atom. The third kappa shape index (κ3) is 7.63. The molecule has 2 aromatic rings. The molecule has 1 aliphatic heterocycles. The van der Waals surface area contributed by atoms with E-state index in [9.17, 15) is 19.5 Å². The quantitative estimate of drug-likeness (QED) is 0.448. The lowest BCUT2D eigenvalue weighted by Crippen LogP contribution is -2.53. The molecule has 8 heteroatoms. The first-order chi connectivity index (χ1) is 16.9. The number of amides is 1. The Labute approximate surface area is 206 Å². The number of hydrogen-bond acceptors (Lipinski definition) is 6. The molecule has 0 aromatic heterocycles. The molecule has 0 saturated carbocycles. The van der Waals surface area contributed by atoms with Gasteiger partial charge in [0.2, 0.25) is 5.91 Å². The number of hydrogen-bond donors (Lipinski definition) is 2. The number of carbonyl (C=O) groups is 3. The maximum atomic E-state index is 13.3. The van der Waals surface area contributed by atoms with Crippen LogP contribution in [-0.4, -0.2) is 65.2 Å². The third-order valence-corrected chi connectivity index (χ3v) is 6.12. The summed E-state index contributed by atoms with van der Waals surface area (Å²) in [5.74, 6) is -1.87. The topological polar surface area (TPSA) is 105 Å². The molecule has 1 fully saturated rings. The van der Waals surface area contributed by atoms with E-state index in [-0.39, 0.29) is 31.6 Å². The first kappa shape index (κ1) is 26.4. The van der Waals surface area contributed by atoms with Crippen LogP contribution in [0.25, 0.3) is 0 Å². The molecule has 2 aromatic carbocycles. The van der Waals surface area contributed by atoms with Crippen molar-refractivity contribution in [3.05, 3.63) is 71.8 Å². The van der Waals surface area contributed by atoms with Gasteiger partial charge in [0.05, 0.1) is 25.4 Å². The number of rotatable bonds is 12. The molecular weight excluding hydrogens is 448 g/mol. The Bertz CT molecular complexity index is 968. The van der Waals surface area contributed by atoms with Gasteiger partial charge in [0.1, 0.15) is 12.1 Å². The summed E-state index contributed by atoms with van der Waals surface area (Å²) in [6.45, 7) is 4.14. The van der Waals surface area contributed by atoms with Crippen molar-refractivity contribution < 1.29 is 29.0 Å². The number of likely N-dealkylation sites (tertiary alicyclic amines) is 1. The highest BCUT2D eigenvalue weighted by Crippen LogP contribution is 2.23. The number of aryl methyl sites for hydroxylation is 1. The Hall–Kier alpha value is -3.23. The van der Waals surface area contributed by atoms with E-state index in [4.69, 9.17) is 9.47 Å². The van der Waals surface area contributed by atoms with Crippen LogP contribution in [0.3, 0.4) is 0 Å². The first-order valence-corrected chi connectivity index (χ1v) is 12.0. The van der Waals surface area contributed by atoms with E-state index >= 15 is 0 Å². The van der Waals surface area contributed by atoms with E-state index in [1.54, 1.807) is 13.8 Å². The first-order valence-electron chi connectivity index (χ1n) is 12.0. The van der Waals surface area contributed by atoms with E-state index < -0.39 is 30.1 Å². The zero-order chi connectivity index (χ0) is 25.2. The van der Waals surface area contributed by atoms with Crippen molar-refractivity contribution in [2.45, 2.75) is 63.9 Å². The Morgan fingerprint density at radius 2 is 1.69 bits per heavy atom. The molecule has 4 atom stereocenters. The van der Waals surface area contributed by atoms with Crippen molar-refractivity contribution in [2.24, 2.45) is 0 Å². The highest BCUT2D eigenvalue weighted by atomic mass is 16.5. The van der Waals surface area contributed by atoms with E-state index in [2.05, 4.69) is 5.32 Å². The summed E-state index contributed by atoms with van der Waals surface area (Å²) in [6, 6.07) is 16.9. The van der Waals surface area contributed by atoms with Crippen LogP contribution in [0.15, 0.2) is 60.7 Å². The van der Waals surface area contributed by atoms with Crippen molar-refractivity contribution >= 4 is 17.8 Å². The van der Waals surface area contributed by atoms with Crippen molar-refractivity contribution in [2.75, 3.05) is 13.2 Å². The van der Waals surface area contributed by atoms with Crippen LogP contribution in [-0.2, 0) is 36.9 Å². The van der Waals surface area contributed by atoms with Crippen LogP contribution in [0.2, 0.25) is 0 Å². The molecule has 2 unspecified atom stereocenters. The number of carboxylic acids is 1. The minimum Gasteiger partial charge on any atom is -0.480 e. The summed E-state index contributed by atoms with van der Waals surface area (Å²) in [5, 5.41) is 12.8. The lowest BCUT2D eigenvalue weighted by Gasteiger charge is -2.27. The molecule has 1 amide bonds. The molecule has 0 bridgehead atoms. The van der Waals surface area contributed by atoms with Gasteiger partial charge in [-0.1, -0.05) is 60.7 Å². The van der Waals surface area contributed by atoms with Crippen molar-refractivity contribution in [1.82, 2.24) is 10.2 Å². The fourth-order valence-corrected chi connectivity index (χ4v) is 4.27. The summed E-state index contributed by atoms with van der Waals surface area (Å²) < 4.78 is 11.1. The van der Waals surface area contributed by atoms with Crippen LogP contribution < -0.4 is 5.32 Å². The van der Waals surface area contributed by atoms with E-state index in [1.807, 2.05) is 60.7 Å². The fourth-order valence-electron chi connectivity index (χ4n) is 4.27. The lowest BCUT2D eigenvalue weighted by atomic mass is 10.0. The van der Waals surface area contributed by atoms with Crippen LogP contribution >= 0.6 is 0 Å². The Kier molecular flexibility index (Phi) is 9.81. The average Bonchev–Trinajstić information content (AvgIpc) is 3.31. The number of esters is 1. The minimum absolute atomic E-state index is 0.183. The molecule has 0 aliphatic carbocycles. The summed E-state index contributed by atoms with van der Waals surface area (Å²) in [7, 11) is 0. The SMILES string of the molecule is CCOC(=O)C(CCc1ccccc1)N[C@@H](C)C(=O)N1CC(OCc2ccccc2)C[C@H]1C(=O)O. The molecule has 0 radical (unpaired) electrons. The molecular formula is C27H34N2O6. The molecule has 0 spiro atoms. The van der Waals surface area contributed by atoms with E-state index in [0.29, 0.717) is 19.4 Å². The second-order valence-corrected chi connectivity index (χ2v) is 8.72. The van der Waals surface area contributed by atoms with Gasteiger partial charge in [-0.3, -0.25) is 14.9 Å². The number of benzene rings is 2. The van der Waals surface area contributed by atoms with Gasteiger partial charge < -0.3 is 19.5 Å². The predicted molar refractivity (Wildman–Crippen MR) is 131 cm³/mol. The summed E-state index contributed by atoms with van der Waals surface area (Å²) in [6.07, 6.45) is 0.919. The molecule has 2 N–H and O–H groups in total. The maximum absolute atomic E-state index is 13.3.